The van der Waals surface area contributed by atoms with Crippen LogP contribution in [0.5, 0.6) is 0 Å². The van der Waals surface area contributed by atoms with Gasteiger partial charge in [-0.05, 0) is 70.6 Å². The Morgan fingerprint density at radius 3 is 2.22 bits per heavy atom. The van der Waals surface area contributed by atoms with Gasteiger partial charge in [-0.3, -0.25) is 9.59 Å². The molecule has 5 heteroatoms. The van der Waals surface area contributed by atoms with Gasteiger partial charge in [0.25, 0.3) is 0 Å². The predicted molar refractivity (Wildman–Crippen MR) is 91.1 cm³/mol. The van der Waals surface area contributed by atoms with Gasteiger partial charge >= 0.3 is 0 Å². The van der Waals surface area contributed by atoms with Crippen molar-refractivity contribution in [3.63, 3.8) is 0 Å². The third kappa shape index (κ3) is 1.66. The van der Waals surface area contributed by atoms with E-state index >= 15 is 0 Å². The highest BCUT2D eigenvalue weighted by atomic mass is 79.9. The van der Waals surface area contributed by atoms with Gasteiger partial charge in [0.1, 0.15) is 0 Å². The molecule has 1 aromatic carbocycles. The summed E-state index contributed by atoms with van der Waals surface area (Å²) in [5, 5.41) is 0.557. The van der Waals surface area contributed by atoms with E-state index in [4.69, 9.17) is 11.6 Å². The van der Waals surface area contributed by atoms with Crippen LogP contribution in [0.1, 0.15) is 12.0 Å². The van der Waals surface area contributed by atoms with Crippen LogP contribution in [0, 0.1) is 42.4 Å². The van der Waals surface area contributed by atoms with E-state index in [-0.39, 0.29) is 35.5 Å². The number of nitrogens with zero attached hydrogens (tertiary/aromatic N) is 1. The van der Waals surface area contributed by atoms with Crippen molar-refractivity contribution in [2.75, 3.05) is 4.90 Å². The van der Waals surface area contributed by atoms with Crippen LogP contribution >= 0.6 is 27.5 Å². The Morgan fingerprint density at radius 1 is 1.09 bits per heavy atom. The van der Waals surface area contributed by atoms with Gasteiger partial charge in [-0.25, -0.2) is 4.90 Å². The second kappa shape index (κ2) is 4.48. The molecular weight excluding hydrogens is 378 g/mol. The zero-order chi connectivity index (χ0) is 16.0. The molecule has 4 aliphatic carbocycles. The lowest BCUT2D eigenvalue weighted by Crippen LogP contribution is -2.40. The van der Waals surface area contributed by atoms with Crippen LogP contribution in [-0.4, -0.2) is 11.8 Å². The van der Waals surface area contributed by atoms with Crippen LogP contribution in [0.4, 0.5) is 5.69 Å². The van der Waals surface area contributed by atoms with Crippen molar-refractivity contribution in [2.45, 2.75) is 13.3 Å². The molecule has 1 heterocycles. The van der Waals surface area contributed by atoms with Crippen molar-refractivity contribution in [3.05, 3.63) is 39.3 Å². The molecule has 3 fully saturated rings. The van der Waals surface area contributed by atoms with Gasteiger partial charge < -0.3 is 0 Å². The minimum atomic E-state index is -0.164. The molecule has 5 aliphatic rings. The van der Waals surface area contributed by atoms with Gasteiger partial charge in [-0.1, -0.05) is 23.8 Å². The van der Waals surface area contributed by atoms with E-state index < -0.39 is 0 Å². The first-order chi connectivity index (χ1) is 11.0. The van der Waals surface area contributed by atoms with Gasteiger partial charge in [0, 0.05) is 4.47 Å². The highest BCUT2D eigenvalue weighted by molar-refractivity contribution is 9.10. The van der Waals surface area contributed by atoms with Crippen LogP contribution in [0.3, 0.4) is 0 Å². The molecule has 2 saturated carbocycles. The number of anilines is 1. The summed E-state index contributed by atoms with van der Waals surface area (Å²) >= 11 is 9.69. The van der Waals surface area contributed by atoms with Crippen molar-refractivity contribution in [1.29, 1.82) is 0 Å². The monoisotopic (exact) mass is 391 g/mol. The van der Waals surface area contributed by atoms with Crippen molar-refractivity contribution in [2.24, 2.45) is 35.5 Å². The number of hydrogen-bond donors (Lipinski definition) is 0. The lowest BCUT2D eigenvalue weighted by Gasteiger charge is -2.37. The molecular formula is C18H15BrClNO2. The number of hydrogen-bond acceptors (Lipinski definition) is 2. The van der Waals surface area contributed by atoms with Gasteiger partial charge in [-0.2, -0.15) is 0 Å². The lowest BCUT2D eigenvalue weighted by atomic mass is 9.63. The third-order valence-electron chi connectivity index (χ3n) is 6.21. The van der Waals surface area contributed by atoms with E-state index in [1.807, 2.05) is 13.0 Å². The quantitative estimate of drug-likeness (QED) is 0.536. The smallest absolute Gasteiger partial charge is 0.238 e. The fourth-order valence-electron chi connectivity index (χ4n) is 5.08. The summed E-state index contributed by atoms with van der Waals surface area (Å²) in [6.45, 7) is 1.86. The highest BCUT2D eigenvalue weighted by Crippen LogP contribution is 2.65. The summed E-state index contributed by atoms with van der Waals surface area (Å²) in [4.78, 5) is 27.5. The maximum absolute atomic E-state index is 13.1. The van der Waals surface area contributed by atoms with Gasteiger partial charge in [0.15, 0.2) is 0 Å². The Labute approximate surface area is 147 Å². The fraction of sp³-hybridized carbons (Fsp3) is 0.444. The molecule has 0 spiro atoms. The molecule has 0 radical (unpaired) electrons. The van der Waals surface area contributed by atoms with Crippen LogP contribution in [0.15, 0.2) is 28.8 Å². The number of benzene rings is 1. The first-order valence-corrected chi connectivity index (χ1v) is 9.18. The van der Waals surface area contributed by atoms with Gasteiger partial charge in [0.2, 0.25) is 11.8 Å². The molecule has 1 aromatic rings. The number of amides is 2. The summed E-state index contributed by atoms with van der Waals surface area (Å²) < 4.78 is 0.778. The maximum Gasteiger partial charge on any atom is 0.238 e. The molecule has 118 valence electrons. The first-order valence-electron chi connectivity index (χ1n) is 8.01. The highest BCUT2D eigenvalue weighted by Gasteiger charge is 2.67. The Bertz CT molecular complexity index is 768. The largest absolute Gasteiger partial charge is 0.274 e. The number of carbonyl (C=O) groups is 2. The second-order valence-corrected chi connectivity index (χ2v) is 8.40. The van der Waals surface area contributed by atoms with Gasteiger partial charge in [-0.15, -0.1) is 0 Å². The minimum absolute atomic E-state index is 0.0359. The normalized spacial score (nSPS) is 39.7. The maximum atomic E-state index is 13.1. The van der Waals surface area contributed by atoms with E-state index in [1.54, 1.807) is 6.07 Å². The lowest BCUT2D eigenvalue weighted by molar-refractivity contribution is -0.124. The summed E-state index contributed by atoms with van der Waals surface area (Å²) in [6.07, 6.45) is 5.56. The summed E-state index contributed by atoms with van der Waals surface area (Å²) in [6, 6.07) is 3.62. The van der Waals surface area contributed by atoms with Gasteiger partial charge in [0.05, 0.1) is 22.5 Å². The van der Waals surface area contributed by atoms with Crippen molar-refractivity contribution >= 4 is 45.0 Å². The average Bonchev–Trinajstić information content (AvgIpc) is 3.32. The molecule has 0 unspecified atom stereocenters. The molecule has 1 saturated heterocycles. The van der Waals surface area contributed by atoms with E-state index in [9.17, 15) is 9.59 Å². The summed E-state index contributed by atoms with van der Waals surface area (Å²) in [5.74, 6) is 1.35. The number of carbonyl (C=O) groups excluding carboxylic acids is 2. The van der Waals surface area contributed by atoms with E-state index in [1.165, 1.54) is 11.3 Å². The predicted octanol–water partition coefficient (Wildman–Crippen LogP) is 3.97. The van der Waals surface area contributed by atoms with Crippen LogP contribution in [0.2, 0.25) is 5.02 Å². The number of rotatable bonds is 1. The zero-order valence-electron chi connectivity index (χ0n) is 12.5. The molecule has 0 N–H and O–H groups in total. The topological polar surface area (TPSA) is 37.4 Å². The molecule has 2 amide bonds. The second-order valence-electron chi connectivity index (χ2n) is 7.17. The van der Waals surface area contributed by atoms with Crippen molar-refractivity contribution in [1.82, 2.24) is 0 Å². The SMILES string of the molecule is Cc1c(N2C(=O)[C@@H]3[C@H]4C=C[C@@H]([C@@H]5C[C@@H]45)[C@H]3C2=O)ccc(Br)c1Cl. The van der Waals surface area contributed by atoms with Crippen molar-refractivity contribution in [3.8, 4) is 0 Å². The average molecular weight is 393 g/mol. The van der Waals surface area contributed by atoms with Crippen LogP contribution in [-0.2, 0) is 9.59 Å². The van der Waals surface area contributed by atoms with E-state index in [0.717, 1.165) is 10.0 Å². The Balaban J connectivity index is 1.61. The zero-order valence-corrected chi connectivity index (χ0v) is 14.8. The molecule has 0 aromatic heterocycles. The number of halogens is 2. The Morgan fingerprint density at radius 2 is 1.65 bits per heavy atom. The third-order valence-corrected chi connectivity index (χ3v) is 7.59. The van der Waals surface area contributed by atoms with E-state index in [0.29, 0.717) is 22.5 Å². The molecule has 3 nitrogen and oxygen atoms in total. The number of imide groups is 1. The van der Waals surface area contributed by atoms with Crippen LogP contribution < -0.4 is 4.90 Å². The molecule has 6 atom stereocenters. The summed E-state index contributed by atoms with van der Waals surface area (Å²) in [5.41, 5.74) is 1.41. The minimum Gasteiger partial charge on any atom is -0.274 e. The molecule has 2 bridgehead atoms. The molecule has 23 heavy (non-hydrogen) atoms. The standard InChI is InChI=1S/C18H15BrClNO2/c1-7-13(5-4-12(19)16(7)20)21-17(22)14-8-2-3-9(11-6-10(8)11)15(14)18(21)23/h2-5,8-11,14-15H,6H2,1H3/t8-,9-,10-,11-,14+,15+/m0/s1. The first kappa shape index (κ1) is 14.2. The van der Waals surface area contributed by atoms with E-state index in [2.05, 4.69) is 28.1 Å². The van der Waals surface area contributed by atoms with Crippen molar-refractivity contribution < 1.29 is 9.59 Å². The molecule has 1 aliphatic heterocycles. The fourth-order valence-corrected chi connectivity index (χ4v) is 5.67. The van der Waals surface area contributed by atoms with Crippen LogP contribution in [0.25, 0.3) is 0 Å². The summed E-state index contributed by atoms with van der Waals surface area (Å²) in [7, 11) is 0. The number of allylic oxidation sites excluding steroid dienone is 2. The Hall–Kier alpha value is -1.13. The molecule has 6 rings (SSSR count). The Kier molecular flexibility index (Phi) is 2.77.